The van der Waals surface area contributed by atoms with E-state index in [1.165, 1.54) is 25.7 Å². The van der Waals surface area contributed by atoms with Crippen molar-refractivity contribution in [1.29, 1.82) is 0 Å². The molecule has 0 saturated carbocycles. The van der Waals surface area contributed by atoms with Crippen molar-refractivity contribution in [1.82, 2.24) is 0 Å². The number of carboxylic acids is 1. The van der Waals surface area contributed by atoms with Crippen LogP contribution in [0.1, 0.15) is 46.0 Å². The van der Waals surface area contributed by atoms with Crippen molar-refractivity contribution in [2.45, 2.75) is 46.0 Å². The molecule has 0 aromatic heterocycles. The molecule has 0 aromatic rings. The molecule has 0 spiro atoms. The first-order valence-electron chi connectivity index (χ1n) is 5.62. The highest BCUT2D eigenvalue weighted by atomic mass is 16.5. The SMILES string of the molecule is CC(=O)O.CCCCCCOCCCN. The highest BCUT2D eigenvalue weighted by Crippen LogP contribution is 1.98. The second-order valence-corrected chi connectivity index (χ2v) is 3.33. The van der Waals surface area contributed by atoms with Gasteiger partial charge in [0.1, 0.15) is 0 Å². The van der Waals surface area contributed by atoms with Crippen molar-refractivity contribution in [3.63, 3.8) is 0 Å². The molecule has 0 unspecified atom stereocenters. The Morgan fingerprint density at radius 2 is 1.73 bits per heavy atom. The Kier molecular flexibility index (Phi) is 17.8. The lowest BCUT2D eigenvalue weighted by atomic mass is 10.2. The van der Waals surface area contributed by atoms with Crippen LogP contribution in [0.2, 0.25) is 0 Å². The molecule has 0 amide bonds. The molecule has 0 bridgehead atoms. The predicted octanol–water partition coefficient (Wildman–Crippen LogP) is 2.02. The van der Waals surface area contributed by atoms with Crippen LogP contribution in [0, 0.1) is 0 Å². The minimum atomic E-state index is -0.833. The number of ether oxygens (including phenoxy) is 1. The number of nitrogens with two attached hydrogens (primary N) is 1. The van der Waals surface area contributed by atoms with Crippen LogP contribution in [-0.2, 0) is 9.53 Å². The van der Waals surface area contributed by atoms with E-state index in [1.54, 1.807) is 0 Å². The summed E-state index contributed by atoms with van der Waals surface area (Å²) in [6.07, 6.45) is 6.13. The van der Waals surface area contributed by atoms with Crippen molar-refractivity contribution in [3.05, 3.63) is 0 Å². The van der Waals surface area contributed by atoms with Crippen LogP contribution in [0.25, 0.3) is 0 Å². The molecule has 0 saturated heterocycles. The largest absolute Gasteiger partial charge is 0.481 e. The molecule has 0 rings (SSSR count). The van der Waals surface area contributed by atoms with Crippen LogP contribution in [0.4, 0.5) is 0 Å². The molecule has 4 nitrogen and oxygen atoms in total. The van der Waals surface area contributed by atoms with E-state index in [4.69, 9.17) is 20.4 Å². The topological polar surface area (TPSA) is 72.5 Å². The molecular weight excluding hydrogens is 194 g/mol. The van der Waals surface area contributed by atoms with E-state index in [1.807, 2.05) is 0 Å². The summed E-state index contributed by atoms with van der Waals surface area (Å²) in [6, 6.07) is 0. The average Bonchev–Trinajstić information content (AvgIpc) is 2.16. The van der Waals surface area contributed by atoms with E-state index in [9.17, 15) is 0 Å². The summed E-state index contributed by atoms with van der Waals surface area (Å²) in [6.45, 7) is 5.80. The third-order valence-corrected chi connectivity index (χ3v) is 1.64. The molecular formula is C11H25NO3. The van der Waals surface area contributed by atoms with Crippen LogP contribution in [0.15, 0.2) is 0 Å². The van der Waals surface area contributed by atoms with Crippen molar-refractivity contribution in [3.8, 4) is 0 Å². The van der Waals surface area contributed by atoms with Gasteiger partial charge in [-0.3, -0.25) is 4.79 Å². The number of rotatable bonds is 8. The molecule has 92 valence electrons. The molecule has 0 aliphatic rings. The van der Waals surface area contributed by atoms with Gasteiger partial charge in [0.25, 0.3) is 5.97 Å². The number of aliphatic carboxylic acids is 1. The molecule has 0 aliphatic carbocycles. The number of hydrogen-bond donors (Lipinski definition) is 2. The van der Waals surface area contributed by atoms with E-state index in [2.05, 4.69) is 6.92 Å². The molecule has 4 heteroatoms. The Morgan fingerprint density at radius 1 is 1.20 bits per heavy atom. The molecule has 0 aromatic carbocycles. The quantitative estimate of drug-likeness (QED) is 0.613. The molecule has 15 heavy (non-hydrogen) atoms. The minimum Gasteiger partial charge on any atom is -0.481 e. The van der Waals surface area contributed by atoms with Gasteiger partial charge in [0, 0.05) is 20.1 Å². The van der Waals surface area contributed by atoms with Gasteiger partial charge in [-0.1, -0.05) is 26.2 Å². The average molecular weight is 219 g/mol. The van der Waals surface area contributed by atoms with Crippen LogP contribution in [-0.4, -0.2) is 30.8 Å². The summed E-state index contributed by atoms with van der Waals surface area (Å²) < 4.78 is 5.34. The zero-order valence-corrected chi connectivity index (χ0v) is 10.00. The fourth-order valence-electron chi connectivity index (χ4n) is 0.918. The van der Waals surface area contributed by atoms with Crippen molar-refractivity contribution >= 4 is 5.97 Å². The van der Waals surface area contributed by atoms with Gasteiger partial charge in [0.15, 0.2) is 0 Å². The molecule has 3 N–H and O–H groups in total. The summed E-state index contributed by atoms with van der Waals surface area (Å²) in [7, 11) is 0. The Labute approximate surface area is 92.8 Å². The molecule has 0 aliphatic heterocycles. The Hall–Kier alpha value is -0.610. The lowest BCUT2D eigenvalue weighted by molar-refractivity contribution is -0.134. The summed E-state index contributed by atoms with van der Waals surface area (Å²) in [5.74, 6) is -0.833. The highest BCUT2D eigenvalue weighted by molar-refractivity contribution is 5.62. The maximum Gasteiger partial charge on any atom is 0.300 e. The fraction of sp³-hybridized carbons (Fsp3) is 0.909. The van der Waals surface area contributed by atoms with Gasteiger partial charge in [-0.2, -0.15) is 0 Å². The molecule has 0 atom stereocenters. The second-order valence-electron chi connectivity index (χ2n) is 3.33. The van der Waals surface area contributed by atoms with Gasteiger partial charge >= 0.3 is 0 Å². The number of carbonyl (C=O) groups is 1. The Morgan fingerprint density at radius 3 is 2.20 bits per heavy atom. The van der Waals surface area contributed by atoms with Crippen LogP contribution in [0.3, 0.4) is 0 Å². The van der Waals surface area contributed by atoms with Crippen molar-refractivity contribution < 1.29 is 14.6 Å². The van der Waals surface area contributed by atoms with Gasteiger partial charge in [-0.15, -0.1) is 0 Å². The van der Waals surface area contributed by atoms with Gasteiger partial charge < -0.3 is 15.6 Å². The Balaban J connectivity index is 0. The minimum absolute atomic E-state index is 0.745. The van der Waals surface area contributed by atoms with Crippen molar-refractivity contribution in [2.75, 3.05) is 19.8 Å². The lowest BCUT2D eigenvalue weighted by Crippen LogP contribution is -2.04. The third-order valence-electron chi connectivity index (χ3n) is 1.64. The van der Waals surface area contributed by atoms with Crippen LogP contribution < -0.4 is 5.73 Å². The van der Waals surface area contributed by atoms with E-state index in [-0.39, 0.29) is 0 Å². The van der Waals surface area contributed by atoms with Gasteiger partial charge in [-0.25, -0.2) is 0 Å². The number of carboxylic acid groups (broad SMARTS) is 1. The van der Waals surface area contributed by atoms with E-state index in [0.717, 1.165) is 33.1 Å². The number of hydrogen-bond acceptors (Lipinski definition) is 3. The first-order chi connectivity index (χ1) is 7.15. The first-order valence-corrected chi connectivity index (χ1v) is 5.62. The van der Waals surface area contributed by atoms with Gasteiger partial charge in [0.2, 0.25) is 0 Å². The summed E-state index contributed by atoms with van der Waals surface area (Å²) in [4.78, 5) is 9.00. The summed E-state index contributed by atoms with van der Waals surface area (Å²) in [5, 5.41) is 7.42. The number of unbranched alkanes of at least 4 members (excludes halogenated alkanes) is 3. The molecule has 0 heterocycles. The fourth-order valence-corrected chi connectivity index (χ4v) is 0.918. The van der Waals surface area contributed by atoms with Crippen LogP contribution >= 0.6 is 0 Å². The van der Waals surface area contributed by atoms with Gasteiger partial charge in [-0.05, 0) is 19.4 Å². The zero-order chi connectivity index (χ0) is 11.9. The summed E-state index contributed by atoms with van der Waals surface area (Å²) >= 11 is 0. The van der Waals surface area contributed by atoms with Crippen LogP contribution in [0.5, 0.6) is 0 Å². The van der Waals surface area contributed by atoms with Gasteiger partial charge in [0.05, 0.1) is 0 Å². The first kappa shape index (κ1) is 16.8. The Bertz CT molecular complexity index is 117. The monoisotopic (exact) mass is 219 g/mol. The highest BCUT2D eigenvalue weighted by Gasteiger charge is 1.88. The zero-order valence-electron chi connectivity index (χ0n) is 10.00. The normalized spacial score (nSPS) is 9.27. The maximum atomic E-state index is 9.00. The standard InChI is InChI=1S/C9H21NO.C2H4O2/c1-2-3-4-5-8-11-9-6-7-10;1-2(3)4/h2-10H2,1H3;1H3,(H,3,4). The second kappa shape index (κ2) is 15.8. The predicted molar refractivity (Wildman–Crippen MR) is 61.9 cm³/mol. The third kappa shape index (κ3) is 31.8. The van der Waals surface area contributed by atoms with E-state index in [0.29, 0.717) is 0 Å². The maximum absolute atomic E-state index is 9.00. The molecule has 0 radical (unpaired) electrons. The van der Waals surface area contributed by atoms with Crippen molar-refractivity contribution in [2.24, 2.45) is 5.73 Å². The smallest absolute Gasteiger partial charge is 0.300 e. The molecule has 0 fully saturated rings. The van der Waals surface area contributed by atoms with E-state index < -0.39 is 5.97 Å². The lowest BCUT2D eigenvalue weighted by Gasteiger charge is -2.01. The van der Waals surface area contributed by atoms with E-state index >= 15 is 0 Å². The summed E-state index contributed by atoms with van der Waals surface area (Å²) in [5.41, 5.74) is 5.31.